The summed E-state index contributed by atoms with van der Waals surface area (Å²) in [6, 6.07) is 0. The monoisotopic (exact) mass is 172 g/mol. The fraction of sp³-hybridized carbons (Fsp3) is 1.00. The topological polar surface area (TPSA) is 20.2 Å². The summed E-state index contributed by atoms with van der Waals surface area (Å²) in [5.74, 6) is 1.28. The second-order valence-electron chi connectivity index (χ2n) is 3.87. The van der Waals surface area contributed by atoms with Crippen LogP contribution < -0.4 is 0 Å². The fourth-order valence-electron chi connectivity index (χ4n) is 1.71. The molecule has 0 aliphatic carbocycles. The predicted octanol–water partition coefficient (Wildman–Crippen LogP) is 3.22. The van der Waals surface area contributed by atoms with Gasteiger partial charge in [0.1, 0.15) is 0 Å². The van der Waals surface area contributed by atoms with Crippen LogP contribution in [0.5, 0.6) is 0 Å². The van der Waals surface area contributed by atoms with Gasteiger partial charge in [0.25, 0.3) is 0 Å². The molecule has 0 aliphatic heterocycles. The molecule has 2 atom stereocenters. The smallest absolute Gasteiger partial charge is 0.0563 e. The van der Waals surface area contributed by atoms with Crippen molar-refractivity contribution in [2.45, 2.75) is 59.5 Å². The highest BCUT2D eigenvalue weighted by Gasteiger charge is 2.15. The van der Waals surface area contributed by atoms with E-state index in [4.69, 9.17) is 0 Å². The molecule has 0 aliphatic rings. The van der Waals surface area contributed by atoms with Crippen molar-refractivity contribution in [3.63, 3.8) is 0 Å². The number of aliphatic hydroxyl groups excluding tert-OH is 1. The number of aliphatic hydroxyl groups is 1. The number of hydrogen-bond acceptors (Lipinski definition) is 1. The van der Waals surface area contributed by atoms with Gasteiger partial charge >= 0.3 is 0 Å². The summed E-state index contributed by atoms with van der Waals surface area (Å²) in [7, 11) is 0. The highest BCUT2D eigenvalue weighted by Crippen LogP contribution is 2.21. The van der Waals surface area contributed by atoms with E-state index in [1.54, 1.807) is 0 Å². The van der Waals surface area contributed by atoms with Crippen molar-refractivity contribution >= 4 is 0 Å². The molecule has 1 N–H and O–H groups in total. The second-order valence-corrected chi connectivity index (χ2v) is 3.87. The van der Waals surface area contributed by atoms with Crippen LogP contribution in [0.4, 0.5) is 0 Å². The summed E-state index contributed by atoms with van der Waals surface area (Å²) in [5, 5.41) is 9.57. The van der Waals surface area contributed by atoms with Crippen molar-refractivity contribution in [3.8, 4) is 0 Å². The Balaban J connectivity index is 3.72. The summed E-state index contributed by atoms with van der Waals surface area (Å²) >= 11 is 0. The van der Waals surface area contributed by atoms with Gasteiger partial charge in [-0.2, -0.15) is 0 Å². The summed E-state index contributed by atoms with van der Waals surface area (Å²) in [5.41, 5.74) is 0. The molecule has 2 unspecified atom stereocenters. The predicted molar refractivity (Wildman–Crippen MR) is 54.2 cm³/mol. The Morgan fingerprint density at radius 1 is 1.00 bits per heavy atom. The third-order valence-electron chi connectivity index (χ3n) is 2.93. The minimum Gasteiger partial charge on any atom is -0.393 e. The van der Waals surface area contributed by atoms with E-state index in [0.717, 1.165) is 12.3 Å². The van der Waals surface area contributed by atoms with E-state index in [1.807, 2.05) is 6.92 Å². The molecule has 1 nitrogen and oxygen atoms in total. The summed E-state index contributed by atoms with van der Waals surface area (Å²) in [6.07, 6.45) is 4.48. The normalized spacial score (nSPS) is 16.5. The minimum atomic E-state index is -0.0920. The average Bonchev–Trinajstić information content (AvgIpc) is 2.12. The van der Waals surface area contributed by atoms with Crippen LogP contribution in [0.1, 0.15) is 53.4 Å². The zero-order chi connectivity index (χ0) is 9.56. The lowest BCUT2D eigenvalue weighted by Crippen LogP contribution is -2.19. The van der Waals surface area contributed by atoms with Gasteiger partial charge in [0.2, 0.25) is 0 Å². The fourth-order valence-corrected chi connectivity index (χ4v) is 1.71. The molecule has 0 aromatic carbocycles. The van der Waals surface area contributed by atoms with E-state index >= 15 is 0 Å². The first-order valence-electron chi connectivity index (χ1n) is 5.33. The van der Waals surface area contributed by atoms with E-state index in [1.165, 1.54) is 19.3 Å². The van der Waals surface area contributed by atoms with Crippen LogP contribution in [-0.4, -0.2) is 11.2 Å². The molecule has 0 heterocycles. The largest absolute Gasteiger partial charge is 0.393 e. The highest BCUT2D eigenvalue weighted by molar-refractivity contribution is 4.67. The van der Waals surface area contributed by atoms with Gasteiger partial charge in [-0.3, -0.25) is 0 Å². The number of hydrogen-bond donors (Lipinski definition) is 1. The first-order chi connectivity index (χ1) is 5.65. The standard InChI is InChI=1S/C11H24O/c1-5-10(6-2)8-9(4)11(12)7-3/h9-12H,5-8H2,1-4H3. The molecule has 0 saturated carbocycles. The second kappa shape index (κ2) is 6.47. The van der Waals surface area contributed by atoms with Gasteiger partial charge in [0.15, 0.2) is 0 Å². The van der Waals surface area contributed by atoms with E-state index < -0.39 is 0 Å². The molecule has 1 heteroatoms. The molecular weight excluding hydrogens is 148 g/mol. The lowest BCUT2D eigenvalue weighted by Gasteiger charge is -2.21. The molecular formula is C11H24O. The summed E-state index contributed by atoms with van der Waals surface area (Å²) in [4.78, 5) is 0. The molecule has 0 aromatic rings. The quantitative estimate of drug-likeness (QED) is 0.652. The zero-order valence-corrected chi connectivity index (χ0v) is 9.01. The molecule has 0 aromatic heterocycles. The molecule has 0 amide bonds. The van der Waals surface area contributed by atoms with Gasteiger partial charge in [-0.25, -0.2) is 0 Å². The van der Waals surface area contributed by atoms with Crippen molar-refractivity contribution in [3.05, 3.63) is 0 Å². The first kappa shape index (κ1) is 12.0. The minimum absolute atomic E-state index is 0.0920. The van der Waals surface area contributed by atoms with Crippen molar-refractivity contribution in [1.82, 2.24) is 0 Å². The van der Waals surface area contributed by atoms with E-state index in [9.17, 15) is 5.11 Å². The van der Waals surface area contributed by atoms with Gasteiger partial charge in [-0.1, -0.05) is 40.5 Å². The Kier molecular flexibility index (Phi) is 6.45. The Morgan fingerprint density at radius 2 is 1.50 bits per heavy atom. The highest BCUT2D eigenvalue weighted by atomic mass is 16.3. The maximum atomic E-state index is 9.57. The zero-order valence-electron chi connectivity index (χ0n) is 9.01. The van der Waals surface area contributed by atoms with Crippen molar-refractivity contribution < 1.29 is 5.11 Å². The Morgan fingerprint density at radius 3 is 1.83 bits per heavy atom. The maximum Gasteiger partial charge on any atom is 0.0563 e. The SMILES string of the molecule is CCC(CC)CC(C)C(O)CC. The van der Waals surface area contributed by atoms with E-state index in [-0.39, 0.29) is 6.10 Å². The summed E-state index contributed by atoms with van der Waals surface area (Å²) in [6.45, 7) is 8.68. The van der Waals surface area contributed by atoms with Crippen LogP contribution in [0.25, 0.3) is 0 Å². The molecule has 0 fully saturated rings. The lowest BCUT2D eigenvalue weighted by molar-refractivity contribution is 0.0969. The Labute approximate surface area is 77.2 Å². The van der Waals surface area contributed by atoms with Crippen LogP contribution in [0.3, 0.4) is 0 Å². The molecule has 12 heavy (non-hydrogen) atoms. The van der Waals surface area contributed by atoms with Gasteiger partial charge in [0, 0.05) is 0 Å². The first-order valence-corrected chi connectivity index (χ1v) is 5.33. The Hall–Kier alpha value is -0.0400. The molecule has 0 spiro atoms. The lowest BCUT2D eigenvalue weighted by atomic mass is 9.88. The van der Waals surface area contributed by atoms with E-state index in [2.05, 4.69) is 20.8 Å². The van der Waals surface area contributed by atoms with Crippen molar-refractivity contribution in [1.29, 1.82) is 0 Å². The van der Waals surface area contributed by atoms with Crippen molar-refractivity contribution in [2.24, 2.45) is 11.8 Å². The molecule has 0 radical (unpaired) electrons. The maximum absolute atomic E-state index is 9.57. The van der Waals surface area contributed by atoms with Gasteiger partial charge in [0.05, 0.1) is 6.10 Å². The van der Waals surface area contributed by atoms with Gasteiger partial charge < -0.3 is 5.11 Å². The number of rotatable bonds is 6. The van der Waals surface area contributed by atoms with Crippen LogP contribution >= 0.6 is 0 Å². The van der Waals surface area contributed by atoms with Crippen LogP contribution in [0.15, 0.2) is 0 Å². The average molecular weight is 172 g/mol. The van der Waals surface area contributed by atoms with Crippen LogP contribution in [0, 0.1) is 11.8 Å². The molecule has 0 saturated heterocycles. The summed E-state index contributed by atoms with van der Waals surface area (Å²) < 4.78 is 0. The van der Waals surface area contributed by atoms with Gasteiger partial charge in [-0.15, -0.1) is 0 Å². The molecule has 0 bridgehead atoms. The molecule has 74 valence electrons. The van der Waals surface area contributed by atoms with E-state index in [0.29, 0.717) is 5.92 Å². The van der Waals surface area contributed by atoms with Crippen LogP contribution in [-0.2, 0) is 0 Å². The third-order valence-corrected chi connectivity index (χ3v) is 2.93. The third kappa shape index (κ3) is 4.10. The van der Waals surface area contributed by atoms with Gasteiger partial charge in [-0.05, 0) is 24.7 Å². The van der Waals surface area contributed by atoms with Crippen LogP contribution in [0.2, 0.25) is 0 Å². The molecule has 0 rings (SSSR count). The van der Waals surface area contributed by atoms with Crippen molar-refractivity contribution in [2.75, 3.05) is 0 Å². The Bertz CT molecular complexity index is 97.2.